The third-order valence-electron chi connectivity index (χ3n) is 7.67. The molecule has 0 aromatic carbocycles. The van der Waals surface area contributed by atoms with Gasteiger partial charge in [-0.25, -0.2) is 0 Å². The summed E-state index contributed by atoms with van der Waals surface area (Å²) in [6.45, 7) is 11.4. The second-order valence-corrected chi connectivity index (χ2v) is 11.8. The Morgan fingerprint density at radius 3 is 2.13 bits per heavy atom. The van der Waals surface area contributed by atoms with Crippen LogP contribution in [0.25, 0.3) is 0 Å². The Bertz CT molecular complexity index is 556. The number of rotatable bonds is 10. The summed E-state index contributed by atoms with van der Waals surface area (Å²) in [7, 11) is 0. The lowest BCUT2D eigenvalue weighted by molar-refractivity contribution is -0.167. The Morgan fingerprint density at radius 2 is 1.58 bits per heavy atom. The maximum Gasteiger partial charge on any atom is 0.310 e. The first kappa shape index (κ1) is 26.2. The fraction of sp³-hybridized carbons (Fsp3) is 0.926. The van der Waals surface area contributed by atoms with E-state index in [1.807, 2.05) is 0 Å². The minimum absolute atomic E-state index is 0.0473. The van der Waals surface area contributed by atoms with Crippen LogP contribution in [0.1, 0.15) is 118 Å². The predicted molar refractivity (Wildman–Crippen MR) is 126 cm³/mol. The quantitative estimate of drug-likeness (QED) is 0.366. The van der Waals surface area contributed by atoms with Crippen molar-refractivity contribution < 1.29 is 19.4 Å². The molecule has 0 aromatic rings. The average Bonchev–Trinajstić information content (AvgIpc) is 2.70. The molecule has 31 heavy (non-hydrogen) atoms. The Hall–Kier alpha value is -1.06. The van der Waals surface area contributed by atoms with E-state index in [1.54, 1.807) is 0 Å². The highest BCUT2D eigenvalue weighted by atomic mass is 16.5. The Kier molecular flexibility index (Phi) is 10.4. The number of carboxylic acids is 1. The molecule has 0 amide bonds. The number of carbonyl (C=O) groups is 2. The molecular weight excluding hydrogens is 388 g/mol. The number of esters is 1. The molecule has 2 saturated carbocycles. The third kappa shape index (κ3) is 8.77. The third-order valence-corrected chi connectivity index (χ3v) is 7.67. The van der Waals surface area contributed by atoms with E-state index in [4.69, 9.17) is 4.74 Å². The fourth-order valence-corrected chi connectivity index (χ4v) is 6.19. The zero-order valence-electron chi connectivity index (χ0n) is 20.8. The van der Waals surface area contributed by atoms with E-state index >= 15 is 0 Å². The first-order valence-electron chi connectivity index (χ1n) is 13.0. The molecule has 2 aliphatic rings. The lowest BCUT2D eigenvalue weighted by Gasteiger charge is -2.36. The summed E-state index contributed by atoms with van der Waals surface area (Å²) >= 11 is 0. The van der Waals surface area contributed by atoms with E-state index in [1.165, 1.54) is 32.1 Å². The number of hydrogen-bond donors (Lipinski definition) is 1. The summed E-state index contributed by atoms with van der Waals surface area (Å²) in [6, 6.07) is 0. The van der Waals surface area contributed by atoms with Crippen LogP contribution in [-0.2, 0) is 14.3 Å². The average molecular weight is 437 g/mol. The summed E-state index contributed by atoms with van der Waals surface area (Å²) in [4.78, 5) is 24.8. The van der Waals surface area contributed by atoms with Crippen LogP contribution in [0.15, 0.2) is 0 Å². The van der Waals surface area contributed by atoms with Gasteiger partial charge in [-0.1, -0.05) is 73.1 Å². The summed E-state index contributed by atoms with van der Waals surface area (Å²) in [5.41, 5.74) is 0.306. The highest BCUT2D eigenvalue weighted by molar-refractivity contribution is 5.81. The van der Waals surface area contributed by atoms with Crippen molar-refractivity contribution in [2.45, 2.75) is 124 Å². The van der Waals surface area contributed by atoms with Gasteiger partial charge in [0.2, 0.25) is 0 Å². The van der Waals surface area contributed by atoms with E-state index < -0.39 is 17.8 Å². The summed E-state index contributed by atoms with van der Waals surface area (Å²) in [6.07, 6.45) is 13.5. The Balaban J connectivity index is 2.02. The van der Waals surface area contributed by atoms with E-state index in [0.29, 0.717) is 30.1 Å². The van der Waals surface area contributed by atoms with Gasteiger partial charge >= 0.3 is 11.9 Å². The van der Waals surface area contributed by atoms with Gasteiger partial charge in [0, 0.05) is 0 Å². The number of hydrogen-bond acceptors (Lipinski definition) is 3. The van der Waals surface area contributed by atoms with Crippen LogP contribution < -0.4 is 0 Å². The molecule has 0 aromatic heterocycles. The van der Waals surface area contributed by atoms with Crippen LogP contribution in [-0.4, -0.2) is 23.1 Å². The molecule has 4 heteroatoms. The highest BCUT2D eigenvalue weighted by Crippen LogP contribution is 2.38. The fourth-order valence-electron chi connectivity index (χ4n) is 6.19. The van der Waals surface area contributed by atoms with Crippen LogP contribution in [0.4, 0.5) is 0 Å². The maximum absolute atomic E-state index is 13.1. The molecule has 2 fully saturated rings. The molecular formula is C27H48O4. The van der Waals surface area contributed by atoms with Gasteiger partial charge in [-0.05, 0) is 68.1 Å². The lowest BCUT2D eigenvalue weighted by atomic mass is 9.75. The summed E-state index contributed by atoms with van der Waals surface area (Å²) in [5, 5.41) is 9.60. The van der Waals surface area contributed by atoms with Crippen molar-refractivity contribution in [1.82, 2.24) is 0 Å². The van der Waals surface area contributed by atoms with Crippen molar-refractivity contribution >= 4 is 11.9 Å². The van der Waals surface area contributed by atoms with Gasteiger partial charge in [0.25, 0.3) is 0 Å². The van der Waals surface area contributed by atoms with Crippen LogP contribution in [0.5, 0.6) is 0 Å². The summed E-state index contributed by atoms with van der Waals surface area (Å²) in [5.74, 6) is -0.246. The van der Waals surface area contributed by atoms with Gasteiger partial charge in [0.1, 0.15) is 6.10 Å². The smallest absolute Gasteiger partial charge is 0.310 e. The van der Waals surface area contributed by atoms with Crippen molar-refractivity contribution in [3.63, 3.8) is 0 Å². The van der Waals surface area contributed by atoms with Crippen molar-refractivity contribution in [2.24, 2.45) is 35.0 Å². The Morgan fingerprint density at radius 1 is 0.968 bits per heavy atom. The van der Waals surface area contributed by atoms with E-state index in [9.17, 15) is 14.7 Å². The summed E-state index contributed by atoms with van der Waals surface area (Å²) < 4.78 is 6.18. The van der Waals surface area contributed by atoms with Gasteiger partial charge < -0.3 is 9.84 Å². The minimum atomic E-state index is -0.836. The predicted octanol–water partition coefficient (Wildman–Crippen LogP) is 7.25. The van der Waals surface area contributed by atoms with Gasteiger partial charge in [0.05, 0.1) is 11.8 Å². The van der Waals surface area contributed by atoms with Gasteiger partial charge in [-0.2, -0.15) is 0 Å². The Labute approximate surface area is 190 Å². The topological polar surface area (TPSA) is 63.6 Å². The molecule has 0 saturated heterocycles. The van der Waals surface area contributed by atoms with Crippen LogP contribution in [0.2, 0.25) is 0 Å². The number of carbonyl (C=O) groups excluding carboxylic acids is 1. The molecule has 1 N–H and O–H groups in total. The molecule has 0 bridgehead atoms. The first-order chi connectivity index (χ1) is 14.6. The van der Waals surface area contributed by atoms with Gasteiger partial charge in [-0.3, -0.25) is 9.59 Å². The number of carboxylic acid groups (broad SMARTS) is 1. The molecule has 180 valence electrons. The highest BCUT2D eigenvalue weighted by Gasteiger charge is 2.39. The van der Waals surface area contributed by atoms with Crippen LogP contribution in [0.3, 0.4) is 0 Å². The minimum Gasteiger partial charge on any atom is -0.481 e. The molecule has 4 unspecified atom stereocenters. The molecule has 2 rings (SSSR count). The van der Waals surface area contributed by atoms with Crippen LogP contribution in [0, 0.1) is 35.0 Å². The van der Waals surface area contributed by atoms with Crippen LogP contribution >= 0.6 is 0 Å². The monoisotopic (exact) mass is 436 g/mol. The second-order valence-electron chi connectivity index (χ2n) is 11.8. The molecule has 2 aliphatic carbocycles. The zero-order valence-corrected chi connectivity index (χ0v) is 20.8. The molecule has 4 atom stereocenters. The van der Waals surface area contributed by atoms with Gasteiger partial charge in [0.15, 0.2) is 0 Å². The lowest BCUT2D eigenvalue weighted by Crippen LogP contribution is -2.38. The zero-order chi connectivity index (χ0) is 23.0. The van der Waals surface area contributed by atoms with E-state index in [0.717, 1.165) is 44.4 Å². The van der Waals surface area contributed by atoms with Crippen molar-refractivity contribution in [3.8, 4) is 0 Å². The molecule has 0 heterocycles. The largest absolute Gasteiger partial charge is 0.481 e. The van der Waals surface area contributed by atoms with E-state index in [-0.39, 0.29) is 12.1 Å². The molecule has 0 radical (unpaired) electrons. The maximum atomic E-state index is 13.1. The van der Waals surface area contributed by atoms with Crippen molar-refractivity contribution in [2.75, 3.05) is 0 Å². The van der Waals surface area contributed by atoms with Crippen molar-refractivity contribution in [1.29, 1.82) is 0 Å². The SMILES string of the molecule is CCCC1CCC(C(CCC(C)CC(C)(C)C)OC(=O)C2CCCCC2C(=O)O)CC1. The van der Waals surface area contributed by atoms with Gasteiger partial charge in [-0.15, -0.1) is 0 Å². The number of ether oxygens (including phenoxy) is 1. The molecule has 0 aliphatic heterocycles. The first-order valence-corrected chi connectivity index (χ1v) is 13.0. The standard InChI is InChI=1S/C27H48O4/c1-6-9-20-13-15-21(16-14-20)24(17-12-19(2)18-27(3,4)5)31-26(30)23-11-8-7-10-22(23)25(28)29/h19-24H,6-18H2,1-5H3,(H,28,29). The van der Waals surface area contributed by atoms with Crippen molar-refractivity contribution in [3.05, 3.63) is 0 Å². The normalized spacial score (nSPS) is 29.2. The second kappa shape index (κ2) is 12.3. The molecule has 0 spiro atoms. The number of aliphatic carboxylic acids is 1. The molecule has 4 nitrogen and oxygen atoms in total. The van der Waals surface area contributed by atoms with E-state index in [2.05, 4.69) is 34.6 Å².